The van der Waals surface area contributed by atoms with Gasteiger partial charge in [-0.1, -0.05) is 19.3 Å². The molecule has 1 aliphatic heterocycles. The molecule has 2 atom stereocenters. The van der Waals surface area contributed by atoms with Crippen molar-refractivity contribution >= 4 is 0 Å². The van der Waals surface area contributed by atoms with E-state index in [1.54, 1.807) is 0 Å². The number of nitrogens with two attached hydrogens (primary N) is 1. The van der Waals surface area contributed by atoms with Crippen LogP contribution in [0.1, 0.15) is 63.5 Å². The maximum Gasteiger partial charge on any atom is 0.0779 e. The van der Waals surface area contributed by atoms with Crippen molar-refractivity contribution < 1.29 is 4.74 Å². The number of hydrogen-bond acceptors (Lipinski definition) is 3. The standard InChI is InChI=1S/C15H25N3O/c1-12(16)13-9-17-18(10-13)11-14-5-8-15(19-14)6-3-2-4-7-15/h9-10,12,14H,2-8,11,16H2,1H3. The van der Waals surface area contributed by atoms with E-state index >= 15 is 0 Å². The molecule has 4 heteroatoms. The molecular weight excluding hydrogens is 238 g/mol. The molecule has 1 saturated carbocycles. The number of rotatable bonds is 3. The van der Waals surface area contributed by atoms with Gasteiger partial charge in [-0.15, -0.1) is 0 Å². The van der Waals surface area contributed by atoms with Crippen LogP contribution >= 0.6 is 0 Å². The third-order valence-electron chi connectivity index (χ3n) is 4.67. The zero-order valence-electron chi connectivity index (χ0n) is 11.8. The molecule has 1 aromatic heterocycles. The zero-order valence-corrected chi connectivity index (χ0v) is 11.8. The molecule has 0 bridgehead atoms. The van der Waals surface area contributed by atoms with Gasteiger partial charge in [0.15, 0.2) is 0 Å². The van der Waals surface area contributed by atoms with Crippen LogP contribution in [0.15, 0.2) is 12.4 Å². The van der Waals surface area contributed by atoms with E-state index in [2.05, 4.69) is 11.3 Å². The molecule has 2 aliphatic rings. The second kappa shape index (κ2) is 5.25. The molecule has 1 spiro atoms. The summed E-state index contributed by atoms with van der Waals surface area (Å²) in [5.74, 6) is 0. The van der Waals surface area contributed by atoms with Crippen LogP contribution in [0.2, 0.25) is 0 Å². The second-order valence-electron chi connectivity index (χ2n) is 6.31. The van der Waals surface area contributed by atoms with E-state index in [1.165, 1.54) is 44.9 Å². The summed E-state index contributed by atoms with van der Waals surface area (Å²) >= 11 is 0. The van der Waals surface area contributed by atoms with Gasteiger partial charge in [0.2, 0.25) is 0 Å². The van der Waals surface area contributed by atoms with Crippen molar-refractivity contribution in [1.82, 2.24) is 9.78 Å². The van der Waals surface area contributed by atoms with Crippen molar-refractivity contribution in [3.63, 3.8) is 0 Å². The SMILES string of the molecule is CC(N)c1cnn(CC2CCC3(CCCCC3)O2)c1. The summed E-state index contributed by atoms with van der Waals surface area (Å²) in [7, 11) is 0. The minimum absolute atomic E-state index is 0.0583. The van der Waals surface area contributed by atoms with Crippen LogP contribution in [0.5, 0.6) is 0 Å². The molecule has 2 fully saturated rings. The van der Waals surface area contributed by atoms with E-state index in [9.17, 15) is 0 Å². The highest BCUT2D eigenvalue weighted by molar-refractivity contribution is 5.08. The molecule has 2 N–H and O–H groups in total. The lowest BCUT2D eigenvalue weighted by molar-refractivity contribution is -0.0688. The van der Waals surface area contributed by atoms with Crippen molar-refractivity contribution in [2.24, 2.45) is 5.73 Å². The molecular formula is C15H25N3O. The predicted octanol–water partition coefficient (Wildman–Crippen LogP) is 2.78. The lowest BCUT2D eigenvalue weighted by Crippen LogP contribution is -2.32. The van der Waals surface area contributed by atoms with Crippen molar-refractivity contribution in [3.05, 3.63) is 18.0 Å². The van der Waals surface area contributed by atoms with E-state index in [0.717, 1.165) is 12.1 Å². The van der Waals surface area contributed by atoms with Gasteiger partial charge in [-0.25, -0.2) is 0 Å². The molecule has 2 heterocycles. The highest BCUT2D eigenvalue weighted by Gasteiger charge is 2.40. The Hall–Kier alpha value is -0.870. The first kappa shape index (κ1) is 13.1. The average Bonchev–Trinajstić information content (AvgIpc) is 2.99. The van der Waals surface area contributed by atoms with E-state index in [1.807, 2.05) is 17.8 Å². The number of hydrogen-bond donors (Lipinski definition) is 1. The monoisotopic (exact) mass is 263 g/mol. The largest absolute Gasteiger partial charge is 0.370 e. The Morgan fingerprint density at radius 3 is 2.89 bits per heavy atom. The maximum atomic E-state index is 6.37. The molecule has 2 unspecified atom stereocenters. The Bertz CT molecular complexity index is 421. The third-order valence-corrected chi connectivity index (χ3v) is 4.67. The van der Waals surface area contributed by atoms with Crippen molar-refractivity contribution in [2.45, 2.75) is 76.2 Å². The average molecular weight is 263 g/mol. The van der Waals surface area contributed by atoms with Crippen molar-refractivity contribution in [3.8, 4) is 0 Å². The molecule has 0 amide bonds. The van der Waals surface area contributed by atoms with Crippen molar-refractivity contribution in [1.29, 1.82) is 0 Å². The fraction of sp³-hybridized carbons (Fsp3) is 0.800. The summed E-state index contributed by atoms with van der Waals surface area (Å²) in [6, 6.07) is 0.0583. The maximum absolute atomic E-state index is 6.37. The number of ether oxygens (including phenoxy) is 1. The summed E-state index contributed by atoms with van der Waals surface area (Å²) in [6.45, 7) is 2.86. The molecule has 3 rings (SSSR count). The summed E-state index contributed by atoms with van der Waals surface area (Å²) in [5.41, 5.74) is 7.17. The fourth-order valence-corrected chi connectivity index (χ4v) is 3.51. The number of aromatic nitrogens is 2. The second-order valence-corrected chi connectivity index (χ2v) is 6.31. The molecule has 1 saturated heterocycles. The highest BCUT2D eigenvalue weighted by Crippen LogP contribution is 2.42. The van der Waals surface area contributed by atoms with Gasteiger partial charge in [-0.2, -0.15) is 5.10 Å². The summed E-state index contributed by atoms with van der Waals surface area (Å²) < 4.78 is 8.36. The van der Waals surface area contributed by atoms with Crippen LogP contribution in [-0.4, -0.2) is 21.5 Å². The van der Waals surface area contributed by atoms with Gasteiger partial charge in [0.1, 0.15) is 0 Å². The van der Waals surface area contributed by atoms with Gasteiger partial charge < -0.3 is 10.5 Å². The highest BCUT2D eigenvalue weighted by atomic mass is 16.5. The van der Waals surface area contributed by atoms with Crippen LogP contribution in [0, 0.1) is 0 Å². The van der Waals surface area contributed by atoms with Crippen LogP contribution in [-0.2, 0) is 11.3 Å². The van der Waals surface area contributed by atoms with Crippen LogP contribution in [0.4, 0.5) is 0 Å². The summed E-state index contributed by atoms with van der Waals surface area (Å²) in [6.07, 6.45) is 13.2. The zero-order chi connectivity index (χ0) is 13.3. The molecule has 0 aromatic carbocycles. The number of nitrogens with zero attached hydrogens (tertiary/aromatic N) is 2. The van der Waals surface area contributed by atoms with Crippen LogP contribution in [0.25, 0.3) is 0 Å². The lowest BCUT2D eigenvalue weighted by atomic mass is 9.83. The van der Waals surface area contributed by atoms with Crippen LogP contribution < -0.4 is 5.73 Å². The fourth-order valence-electron chi connectivity index (χ4n) is 3.51. The predicted molar refractivity (Wildman–Crippen MR) is 74.8 cm³/mol. The van der Waals surface area contributed by atoms with Gasteiger partial charge in [0.25, 0.3) is 0 Å². The van der Waals surface area contributed by atoms with E-state index in [4.69, 9.17) is 10.5 Å². The first-order valence-corrected chi connectivity index (χ1v) is 7.63. The Morgan fingerprint density at radius 1 is 1.42 bits per heavy atom. The topological polar surface area (TPSA) is 53.1 Å². The van der Waals surface area contributed by atoms with Gasteiger partial charge in [-0.05, 0) is 32.6 Å². The Morgan fingerprint density at radius 2 is 2.21 bits per heavy atom. The molecule has 1 aliphatic carbocycles. The van der Waals surface area contributed by atoms with Crippen LogP contribution in [0.3, 0.4) is 0 Å². The molecule has 4 nitrogen and oxygen atoms in total. The molecule has 1 aromatic rings. The first-order valence-electron chi connectivity index (χ1n) is 7.63. The summed E-state index contributed by atoms with van der Waals surface area (Å²) in [5, 5.41) is 4.39. The third kappa shape index (κ3) is 2.84. The van der Waals surface area contributed by atoms with Gasteiger partial charge in [0.05, 0.1) is 24.4 Å². The molecule has 0 radical (unpaired) electrons. The van der Waals surface area contributed by atoms with E-state index in [-0.39, 0.29) is 11.6 Å². The smallest absolute Gasteiger partial charge is 0.0779 e. The summed E-state index contributed by atoms with van der Waals surface area (Å²) in [4.78, 5) is 0. The lowest BCUT2D eigenvalue weighted by Gasteiger charge is -2.33. The van der Waals surface area contributed by atoms with Gasteiger partial charge >= 0.3 is 0 Å². The van der Waals surface area contributed by atoms with Gasteiger partial charge in [0, 0.05) is 17.8 Å². The van der Waals surface area contributed by atoms with Crippen molar-refractivity contribution in [2.75, 3.05) is 0 Å². The van der Waals surface area contributed by atoms with E-state index in [0.29, 0.717) is 6.10 Å². The minimum Gasteiger partial charge on any atom is -0.370 e. The molecule has 19 heavy (non-hydrogen) atoms. The molecule has 106 valence electrons. The van der Waals surface area contributed by atoms with E-state index < -0.39 is 0 Å². The Kier molecular flexibility index (Phi) is 3.63. The Balaban J connectivity index is 1.58. The Labute approximate surface area is 115 Å². The quantitative estimate of drug-likeness (QED) is 0.912. The van der Waals surface area contributed by atoms with Gasteiger partial charge in [-0.3, -0.25) is 4.68 Å². The first-order chi connectivity index (χ1) is 9.17. The normalized spacial score (nSPS) is 27.8. The minimum atomic E-state index is 0.0583.